The largest absolute Gasteiger partial charge is 0.455 e. The zero-order chi connectivity index (χ0) is 41.7. The summed E-state index contributed by atoms with van der Waals surface area (Å²) in [4.78, 5) is 2.44. The van der Waals surface area contributed by atoms with Gasteiger partial charge in [0.15, 0.2) is 0 Å². The molecule has 3 heteroatoms. The number of thiophene rings is 1. The van der Waals surface area contributed by atoms with Crippen LogP contribution in [0.15, 0.2) is 241 Å². The molecule has 0 saturated heterocycles. The summed E-state index contributed by atoms with van der Waals surface area (Å²) in [5.74, 6) is 0. The first-order chi connectivity index (χ1) is 31.3. The summed E-state index contributed by atoms with van der Waals surface area (Å²) in [6.07, 6.45) is 0. The molecule has 0 saturated carbocycles. The number of hydrogen-bond acceptors (Lipinski definition) is 3. The molecule has 0 amide bonds. The normalized spacial score (nSPS) is 11.5. The molecule has 296 valence electrons. The zero-order valence-corrected chi connectivity index (χ0v) is 35.1. The summed E-state index contributed by atoms with van der Waals surface area (Å²) >= 11 is 1.85. The van der Waals surface area contributed by atoms with E-state index in [-0.39, 0.29) is 0 Å². The Morgan fingerprint density at radius 1 is 0.302 bits per heavy atom. The molecule has 12 aromatic rings. The fraction of sp³-hybridized carbons (Fsp3) is 0. The Morgan fingerprint density at radius 3 is 1.56 bits per heavy atom. The standard InChI is InChI=1S/C60H39NOS/c1-2-17-41(18-3-1)44-19-4-5-20-45(44)46-21-6-7-22-47(46)48-23-8-12-29-55(48)61(43-36-33-40(34-37-43)42-35-38-59-54(39-42)51-26-11-15-32-58(51)63-59)56-30-13-9-24-49(56)52-27-16-28-53-50-25-10-14-31-57(50)62-60(52)53/h1-39H. The molecule has 2 heterocycles. The van der Waals surface area contributed by atoms with Gasteiger partial charge in [-0.05, 0) is 87.5 Å². The highest BCUT2D eigenvalue weighted by molar-refractivity contribution is 7.25. The van der Waals surface area contributed by atoms with Crippen molar-refractivity contribution >= 4 is 70.5 Å². The monoisotopic (exact) mass is 821 g/mol. The molecule has 0 aliphatic carbocycles. The number of para-hydroxylation sites is 4. The summed E-state index contributed by atoms with van der Waals surface area (Å²) in [7, 11) is 0. The lowest BCUT2D eigenvalue weighted by atomic mass is 9.88. The van der Waals surface area contributed by atoms with Gasteiger partial charge >= 0.3 is 0 Å². The number of furan rings is 1. The minimum absolute atomic E-state index is 0.883. The first-order valence-corrected chi connectivity index (χ1v) is 22.2. The minimum Gasteiger partial charge on any atom is -0.455 e. The van der Waals surface area contributed by atoms with E-state index < -0.39 is 0 Å². The van der Waals surface area contributed by atoms with Crippen molar-refractivity contribution in [2.24, 2.45) is 0 Å². The van der Waals surface area contributed by atoms with Crippen LogP contribution in [0.25, 0.3) is 97.7 Å². The Bertz CT molecular complexity index is 3630. The van der Waals surface area contributed by atoms with Crippen molar-refractivity contribution < 1.29 is 4.42 Å². The maximum atomic E-state index is 6.69. The Hall–Kier alpha value is -7.98. The van der Waals surface area contributed by atoms with Gasteiger partial charge in [-0.2, -0.15) is 0 Å². The molecule has 0 N–H and O–H groups in total. The van der Waals surface area contributed by atoms with Gasteiger partial charge in [0.1, 0.15) is 11.2 Å². The van der Waals surface area contributed by atoms with Crippen LogP contribution < -0.4 is 4.90 Å². The van der Waals surface area contributed by atoms with E-state index in [1.54, 1.807) is 0 Å². The van der Waals surface area contributed by atoms with Crippen molar-refractivity contribution in [1.82, 2.24) is 0 Å². The number of fused-ring (bicyclic) bond motifs is 6. The van der Waals surface area contributed by atoms with Crippen LogP contribution >= 0.6 is 11.3 Å². The number of hydrogen-bond donors (Lipinski definition) is 0. The van der Waals surface area contributed by atoms with Gasteiger partial charge < -0.3 is 9.32 Å². The van der Waals surface area contributed by atoms with Crippen LogP contribution in [0.3, 0.4) is 0 Å². The fourth-order valence-corrected chi connectivity index (χ4v) is 10.5. The van der Waals surface area contributed by atoms with Gasteiger partial charge in [0, 0.05) is 53.3 Å². The summed E-state index contributed by atoms with van der Waals surface area (Å²) in [5, 5.41) is 4.83. The van der Waals surface area contributed by atoms with Crippen molar-refractivity contribution in [3.05, 3.63) is 237 Å². The first-order valence-electron chi connectivity index (χ1n) is 21.4. The van der Waals surface area contributed by atoms with Crippen LogP contribution in [0.5, 0.6) is 0 Å². The molecule has 0 aliphatic rings. The van der Waals surface area contributed by atoms with Crippen molar-refractivity contribution in [2.75, 3.05) is 4.90 Å². The SMILES string of the molecule is c1ccc(-c2ccccc2-c2ccccc2-c2ccccc2N(c2ccc(-c3ccc4sc5ccccc5c4c3)cc2)c2ccccc2-c2cccc3c2oc2ccccc23)cc1. The van der Waals surface area contributed by atoms with Gasteiger partial charge in [-0.25, -0.2) is 0 Å². The van der Waals surface area contributed by atoms with Crippen LogP contribution in [-0.2, 0) is 0 Å². The van der Waals surface area contributed by atoms with Crippen LogP contribution in [0, 0.1) is 0 Å². The molecule has 12 rings (SSSR count). The molecule has 2 aromatic heterocycles. The molecule has 0 aliphatic heterocycles. The second kappa shape index (κ2) is 15.5. The predicted octanol–water partition coefficient (Wildman–Crippen LogP) is 17.8. The third-order valence-electron chi connectivity index (χ3n) is 12.3. The number of benzene rings is 10. The summed E-state index contributed by atoms with van der Waals surface area (Å²) in [6, 6.07) is 85.4. The lowest BCUT2D eigenvalue weighted by Crippen LogP contribution is -2.12. The predicted molar refractivity (Wildman–Crippen MR) is 268 cm³/mol. The average molecular weight is 822 g/mol. The highest BCUT2D eigenvalue weighted by Gasteiger charge is 2.24. The van der Waals surface area contributed by atoms with Gasteiger partial charge in [-0.3, -0.25) is 0 Å². The topological polar surface area (TPSA) is 16.4 Å². The van der Waals surface area contributed by atoms with Crippen LogP contribution in [-0.4, -0.2) is 0 Å². The van der Waals surface area contributed by atoms with Gasteiger partial charge in [-0.15, -0.1) is 11.3 Å². The summed E-state index contributed by atoms with van der Waals surface area (Å²) in [5.41, 5.74) is 16.5. The smallest absolute Gasteiger partial charge is 0.143 e. The van der Waals surface area contributed by atoms with E-state index >= 15 is 0 Å². The number of nitrogens with zero attached hydrogens (tertiary/aromatic N) is 1. The third-order valence-corrected chi connectivity index (χ3v) is 13.5. The van der Waals surface area contributed by atoms with E-state index in [1.165, 1.54) is 53.6 Å². The maximum absolute atomic E-state index is 6.69. The van der Waals surface area contributed by atoms with E-state index in [0.717, 1.165) is 61.3 Å². The lowest BCUT2D eigenvalue weighted by Gasteiger charge is -2.30. The Kier molecular flexibility index (Phi) is 9.06. The molecule has 0 fully saturated rings. The molecule has 63 heavy (non-hydrogen) atoms. The van der Waals surface area contributed by atoms with Crippen molar-refractivity contribution in [3.8, 4) is 55.6 Å². The molecule has 0 bridgehead atoms. The molecule has 2 nitrogen and oxygen atoms in total. The van der Waals surface area contributed by atoms with Crippen LogP contribution in [0.4, 0.5) is 17.1 Å². The van der Waals surface area contributed by atoms with E-state index in [2.05, 4.69) is 235 Å². The van der Waals surface area contributed by atoms with Crippen molar-refractivity contribution in [3.63, 3.8) is 0 Å². The first kappa shape index (κ1) is 36.8. The quantitative estimate of drug-likeness (QED) is 0.152. The van der Waals surface area contributed by atoms with Crippen LogP contribution in [0.1, 0.15) is 0 Å². The van der Waals surface area contributed by atoms with Gasteiger partial charge in [0.25, 0.3) is 0 Å². The van der Waals surface area contributed by atoms with E-state index in [1.807, 2.05) is 17.4 Å². The maximum Gasteiger partial charge on any atom is 0.143 e. The molecular weight excluding hydrogens is 783 g/mol. The molecule has 0 atom stereocenters. The second-order valence-electron chi connectivity index (χ2n) is 16.0. The molecule has 0 radical (unpaired) electrons. The molecule has 0 spiro atoms. The fourth-order valence-electron chi connectivity index (χ4n) is 9.41. The number of rotatable bonds is 8. The second-order valence-corrected chi connectivity index (χ2v) is 17.0. The Labute approximate surface area is 370 Å². The van der Waals surface area contributed by atoms with E-state index in [4.69, 9.17) is 4.42 Å². The Balaban J connectivity index is 1.06. The van der Waals surface area contributed by atoms with Gasteiger partial charge in [0.2, 0.25) is 0 Å². The minimum atomic E-state index is 0.883. The van der Waals surface area contributed by atoms with Gasteiger partial charge in [-0.1, -0.05) is 188 Å². The van der Waals surface area contributed by atoms with E-state index in [9.17, 15) is 0 Å². The summed E-state index contributed by atoms with van der Waals surface area (Å²) in [6.45, 7) is 0. The highest BCUT2D eigenvalue weighted by atomic mass is 32.1. The number of anilines is 3. The highest BCUT2D eigenvalue weighted by Crippen LogP contribution is 2.49. The average Bonchev–Trinajstić information content (AvgIpc) is 3.93. The van der Waals surface area contributed by atoms with Crippen LogP contribution in [0.2, 0.25) is 0 Å². The van der Waals surface area contributed by atoms with E-state index in [0.29, 0.717) is 0 Å². The molecular formula is C60H39NOS. The lowest BCUT2D eigenvalue weighted by molar-refractivity contribution is 0.670. The van der Waals surface area contributed by atoms with Gasteiger partial charge in [0.05, 0.1) is 11.4 Å². The molecule has 0 unspecified atom stereocenters. The summed E-state index contributed by atoms with van der Waals surface area (Å²) < 4.78 is 9.31. The Morgan fingerprint density at radius 2 is 0.810 bits per heavy atom. The van der Waals surface area contributed by atoms with Crippen molar-refractivity contribution in [1.29, 1.82) is 0 Å². The molecule has 10 aromatic carbocycles. The third kappa shape index (κ3) is 6.41. The van der Waals surface area contributed by atoms with Crippen molar-refractivity contribution in [2.45, 2.75) is 0 Å². The zero-order valence-electron chi connectivity index (χ0n) is 34.3.